The van der Waals surface area contributed by atoms with Crippen LogP contribution in [0.5, 0.6) is 0 Å². The Balaban J connectivity index is 2.68. The minimum Gasteiger partial charge on any atom is -0.102 e. The summed E-state index contributed by atoms with van der Waals surface area (Å²) in [6.45, 7) is 0. The van der Waals surface area contributed by atoms with Gasteiger partial charge in [-0.3, -0.25) is 0 Å². The minimum atomic E-state index is -0.503. The molecular weight excluding hydrogens is 506 g/mol. The summed E-state index contributed by atoms with van der Waals surface area (Å²) < 4.78 is 0. The van der Waals surface area contributed by atoms with Crippen LogP contribution in [0.15, 0.2) is 6.07 Å². The molecule has 0 N–H and O–H groups in total. The third-order valence-electron chi connectivity index (χ3n) is 12.9. The van der Waals surface area contributed by atoms with E-state index in [4.69, 9.17) is 0 Å². The molecule has 4 aromatic rings. The fourth-order valence-electron chi connectivity index (χ4n) is 8.72. The molecule has 0 fully saturated rings. The maximum absolute atomic E-state index is 2.41. The Morgan fingerprint density at radius 1 is 0.227 bits per heavy atom. The van der Waals surface area contributed by atoms with Crippen molar-refractivity contribution in [2.75, 3.05) is 0 Å². The maximum atomic E-state index is 2.41. The highest BCUT2D eigenvalue weighted by Crippen LogP contribution is 2.38. The number of hydrogen-bond donors (Lipinski definition) is 0. The Labute approximate surface area is 285 Å². The second-order valence-electron chi connectivity index (χ2n) is 14.4. The van der Waals surface area contributed by atoms with Crippen LogP contribution < -0.4 is 104 Å². The van der Waals surface area contributed by atoms with Crippen molar-refractivity contribution in [3.8, 4) is 0 Å². The summed E-state index contributed by atoms with van der Waals surface area (Å²) in [5, 5.41) is 0. The lowest BCUT2D eigenvalue weighted by Crippen LogP contribution is -2.69. The van der Waals surface area contributed by atoms with E-state index in [-0.39, 0.29) is 0 Å². The molecule has 0 radical (unpaired) electrons. The van der Waals surface area contributed by atoms with Crippen LogP contribution in [-0.4, -0.2) is 149 Å². The summed E-state index contributed by atoms with van der Waals surface area (Å²) in [6, 6.07) is 2.40. The molecule has 4 rings (SSSR count). The van der Waals surface area contributed by atoms with Gasteiger partial charge in [-0.2, -0.15) is 0 Å². The standard InChI is InChI=1S/C25H39B19/c26-2-1-3(27)9(29)4(8(2)28)25(5-10(30)16(36)22(42)17(37)11(5)31,6-12(32)18(38)23(43)19(39)13(6)33)7-14(34)20(40)24(44)21(41)15(7)35/h1H,26-44H2. The highest BCUT2D eigenvalue weighted by molar-refractivity contribution is 6.71. The first-order valence-corrected chi connectivity index (χ1v) is 16.6. The number of rotatable bonds is 4. The molecule has 44 heavy (non-hydrogen) atoms. The predicted octanol–water partition coefficient (Wildman–Crippen LogP) is -27.0. The Hall–Kier alpha value is -1.89. The summed E-state index contributed by atoms with van der Waals surface area (Å²) in [7, 11) is 44.9. The van der Waals surface area contributed by atoms with Gasteiger partial charge >= 0.3 is 0 Å². The SMILES string of the molecule is Bc1cc(B)c(B)c(C(c2c(B)c(B)c(B)c(B)c2B)(c2c(B)c(B)c(B)c(B)c2B)c2c(B)c(B)c(B)c(B)c2B)c1B. The Bertz CT molecular complexity index is 1630. The molecule has 0 saturated carbocycles. The summed E-state index contributed by atoms with van der Waals surface area (Å²) in [6.07, 6.45) is 0. The third-order valence-corrected chi connectivity index (χ3v) is 12.9. The average Bonchev–Trinajstić information content (AvgIpc) is 2.98. The van der Waals surface area contributed by atoms with Crippen LogP contribution in [0.2, 0.25) is 0 Å². The van der Waals surface area contributed by atoms with Gasteiger partial charge in [-0.05, 0) is 22.3 Å². The van der Waals surface area contributed by atoms with E-state index in [0.29, 0.717) is 0 Å². The molecule has 0 spiro atoms. The molecule has 19 heteroatoms. The van der Waals surface area contributed by atoms with Crippen LogP contribution in [0, 0.1) is 0 Å². The molecule has 4 aromatic carbocycles. The fourth-order valence-corrected chi connectivity index (χ4v) is 8.72. The number of benzene rings is 4. The van der Waals surface area contributed by atoms with Crippen LogP contribution in [-0.2, 0) is 5.41 Å². The van der Waals surface area contributed by atoms with E-state index in [1.54, 1.807) is 0 Å². The van der Waals surface area contributed by atoms with Crippen molar-refractivity contribution >= 4 is 253 Å². The van der Waals surface area contributed by atoms with Gasteiger partial charge < -0.3 is 0 Å². The van der Waals surface area contributed by atoms with Crippen LogP contribution in [0.25, 0.3) is 0 Å². The second kappa shape index (κ2) is 12.0. The van der Waals surface area contributed by atoms with E-state index in [2.05, 4.69) is 155 Å². The molecule has 0 aliphatic rings. The smallest absolute Gasteiger partial charge is 0.102 e. The first-order valence-electron chi connectivity index (χ1n) is 16.6. The van der Waals surface area contributed by atoms with Crippen molar-refractivity contribution < 1.29 is 0 Å². The molecular formula is C25H39B19. The van der Waals surface area contributed by atoms with Crippen LogP contribution in [0.3, 0.4) is 0 Å². The monoisotopic (exact) mass is 548 g/mol. The topological polar surface area (TPSA) is 0 Å². The molecule has 0 nitrogen and oxygen atoms in total. The van der Waals surface area contributed by atoms with Gasteiger partial charge in [-0.1, -0.05) is 60.7 Å². The highest BCUT2D eigenvalue weighted by atomic mass is 14.5. The van der Waals surface area contributed by atoms with Crippen molar-refractivity contribution in [3.63, 3.8) is 0 Å². The van der Waals surface area contributed by atoms with Crippen molar-refractivity contribution in [3.05, 3.63) is 28.3 Å². The molecule has 0 amide bonds. The lowest BCUT2D eigenvalue weighted by molar-refractivity contribution is 0.792. The van der Waals surface area contributed by atoms with Crippen molar-refractivity contribution in [2.45, 2.75) is 5.41 Å². The van der Waals surface area contributed by atoms with Crippen LogP contribution in [0.1, 0.15) is 22.3 Å². The van der Waals surface area contributed by atoms with Gasteiger partial charge in [-0.15, -0.1) is 49.2 Å². The van der Waals surface area contributed by atoms with E-state index in [1.165, 1.54) is 126 Å². The molecule has 0 heterocycles. The van der Waals surface area contributed by atoms with Gasteiger partial charge in [0.1, 0.15) is 149 Å². The average molecular weight is 545 g/mol. The lowest BCUT2D eigenvalue weighted by atomic mass is 9.43. The van der Waals surface area contributed by atoms with Crippen molar-refractivity contribution in [1.29, 1.82) is 0 Å². The lowest BCUT2D eigenvalue weighted by Gasteiger charge is -2.48. The normalized spacial score (nSPS) is 11.5. The van der Waals surface area contributed by atoms with Crippen molar-refractivity contribution in [2.24, 2.45) is 0 Å². The molecule has 0 bridgehead atoms. The minimum absolute atomic E-state index is 0.503. The fraction of sp³-hybridized carbons (Fsp3) is 0.0400. The predicted molar refractivity (Wildman–Crippen MR) is 260 cm³/mol. The van der Waals surface area contributed by atoms with Gasteiger partial charge in [0.05, 0.1) is 5.41 Å². The van der Waals surface area contributed by atoms with Crippen molar-refractivity contribution in [1.82, 2.24) is 0 Å². The largest absolute Gasteiger partial charge is 0.138 e. The summed E-state index contributed by atoms with van der Waals surface area (Å²) in [4.78, 5) is 0. The zero-order valence-electron chi connectivity index (χ0n) is 31.6. The molecule has 0 aromatic heterocycles. The summed E-state index contributed by atoms with van der Waals surface area (Å²) >= 11 is 0. The van der Waals surface area contributed by atoms with Gasteiger partial charge in [0.25, 0.3) is 0 Å². The zero-order chi connectivity index (χ0) is 33.5. The van der Waals surface area contributed by atoms with Gasteiger partial charge in [-0.25, -0.2) is 0 Å². The summed E-state index contributed by atoms with van der Waals surface area (Å²) in [5.41, 5.74) is 32.3. The third kappa shape index (κ3) is 4.71. The van der Waals surface area contributed by atoms with E-state index >= 15 is 0 Å². The van der Waals surface area contributed by atoms with Crippen LogP contribution >= 0.6 is 0 Å². The number of hydrogen-bond acceptors (Lipinski definition) is 0. The second-order valence-corrected chi connectivity index (χ2v) is 14.4. The zero-order valence-corrected chi connectivity index (χ0v) is 31.6. The Kier molecular flexibility index (Phi) is 9.57. The maximum Gasteiger partial charge on any atom is 0.138 e. The molecule has 0 aliphatic heterocycles. The van der Waals surface area contributed by atoms with E-state index < -0.39 is 5.41 Å². The molecule has 0 unspecified atom stereocenters. The van der Waals surface area contributed by atoms with Gasteiger partial charge in [0, 0.05) is 0 Å². The van der Waals surface area contributed by atoms with E-state index in [1.807, 2.05) is 0 Å². The Morgan fingerprint density at radius 3 is 0.591 bits per heavy atom. The molecule has 0 atom stereocenters. The van der Waals surface area contributed by atoms with Gasteiger partial charge in [0.15, 0.2) is 0 Å². The first kappa shape index (κ1) is 35.0. The quantitative estimate of drug-likeness (QED) is 0.177. The summed E-state index contributed by atoms with van der Waals surface area (Å²) in [5.74, 6) is 0. The van der Waals surface area contributed by atoms with Crippen LogP contribution in [0.4, 0.5) is 0 Å². The Morgan fingerprint density at radius 2 is 0.386 bits per heavy atom. The molecule has 196 valence electrons. The van der Waals surface area contributed by atoms with E-state index in [9.17, 15) is 0 Å². The molecule has 0 aliphatic carbocycles. The first-order chi connectivity index (χ1) is 20.3. The molecule has 0 saturated heterocycles. The van der Waals surface area contributed by atoms with Gasteiger partial charge in [0.2, 0.25) is 0 Å². The van der Waals surface area contributed by atoms with E-state index in [0.717, 1.165) is 0 Å². The highest BCUT2D eigenvalue weighted by Gasteiger charge is 2.46.